The lowest BCUT2D eigenvalue weighted by atomic mass is 10.1. The first-order valence-corrected chi connectivity index (χ1v) is 8.96. The molecular formula is C18H16N6OS. The lowest BCUT2D eigenvalue weighted by Gasteiger charge is -2.02. The minimum Gasteiger partial charge on any atom is -0.345 e. The van der Waals surface area contributed by atoms with Crippen LogP contribution in [-0.2, 0) is 13.6 Å². The predicted molar refractivity (Wildman–Crippen MR) is 99.1 cm³/mol. The number of carbonyl (C=O) groups excluding carboxylic acids is 1. The molecule has 0 atom stereocenters. The van der Waals surface area contributed by atoms with E-state index in [9.17, 15) is 4.79 Å². The van der Waals surface area contributed by atoms with E-state index in [1.54, 1.807) is 40.0 Å². The van der Waals surface area contributed by atoms with Crippen molar-refractivity contribution in [1.29, 1.82) is 0 Å². The van der Waals surface area contributed by atoms with Gasteiger partial charge in [0.2, 0.25) is 0 Å². The second-order valence-corrected chi connectivity index (χ2v) is 6.50. The quantitative estimate of drug-likeness (QED) is 0.591. The number of amides is 1. The summed E-state index contributed by atoms with van der Waals surface area (Å²) in [6.45, 7) is 0.300. The number of nitrogens with zero attached hydrogens (tertiary/aromatic N) is 5. The average molecular weight is 364 g/mol. The molecule has 0 aliphatic heterocycles. The number of thiophene rings is 1. The molecule has 0 unspecified atom stereocenters. The van der Waals surface area contributed by atoms with Gasteiger partial charge in [0.05, 0.1) is 24.1 Å². The zero-order valence-corrected chi connectivity index (χ0v) is 14.8. The number of aryl methyl sites for hydroxylation is 1. The van der Waals surface area contributed by atoms with Gasteiger partial charge in [0.1, 0.15) is 11.4 Å². The maximum Gasteiger partial charge on any atom is 0.269 e. The molecule has 0 bridgehead atoms. The van der Waals surface area contributed by atoms with Crippen molar-refractivity contribution in [2.24, 2.45) is 7.05 Å². The minimum absolute atomic E-state index is 0.202. The van der Waals surface area contributed by atoms with Crippen LogP contribution in [0.5, 0.6) is 0 Å². The average Bonchev–Trinajstić information content (AvgIpc) is 3.40. The first kappa shape index (κ1) is 16.2. The molecule has 4 aromatic rings. The van der Waals surface area contributed by atoms with Crippen LogP contribution in [0.1, 0.15) is 16.2 Å². The summed E-state index contributed by atoms with van der Waals surface area (Å²) in [5.41, 5.74) is 3.88. The van der Waals surface area contributed by atoms with E-state index < -0.39 is 0 Å². The fourth-order valence-electron chi connectivity index (χ4n) is 2.58. The Morgan fingerprint density at radius 3 is 2.85 bits per heavy atom. The van der Waals surface area contributed by atoms with E-state index in [1.165, 1.54) is 0 Å². The van der Waals surface area contributed by atoms with Gasteiger partial charge in [-0.2, -0.15) is 16.4 Å². The maximum absolute atomic E-state index is 12.5. The number of hydrogen-bond donors (Lipinski definition) is 1. The molecule has 0 spiro atoms. The molecule has 26 heavy (non-hydrogen) atoms. The molecule has 0 fully saturated rings. The zero-order valence-electron chi connectivity index (χ0n) is 14.0. The van der Waals surface area contributed by atoms with Gasteiger partial charge in [-0.15, -0.1) is 5.10 Å². The molecule has 3 heterocycles. The summed E-state index contributed by atoms with van der Waals surface area (Å²) in [5, 5.41) is 19.4. The van der Waals surface area contributed by atoms with Crippen LogP contribution in [0, 0.1) is 0 Å². The van der Waals surface area contributed by atoms with Gasteiger partial charge >= 0.3 is 0 Å². The topological polar surface area (TPSA) is 77.6 Å². The SMILES string of the molecule is Cn1nc(-c2ccccc2)cc1C(=O)NCc1cn(-c2ccsc2)nn1. The summed E-state index contributed by atoms with van der Waals surface area (Å²) in [6, 6.07) is 13.5. The molecule has 4 rings (SSSR count). The van der Waals surface area contributed by atoms with Crippen molar-refractivity contribution in [2.45, 2.75) is 6.54 Å². The van der Waals surface area contributed by atoms with E-state index in [-0.39, 0.29) is 5.91 Å². The largest absolute Gasteiger partial charge is 0.345 e. The second kappa shape index (κ2) is 6.93. The number of hydrogen-bond acceptors (Lipinski definition) is 5. The Morgan fingerprint density at radius 1 is 1.23 bits per heavy atom. The highest BCUT2D eigenvalue weighted by Crippen LogP contribution is 2.18. The molecule has 0 saturated heterocycles. The van der Waals surface area contributed by atoms with Crippen molar-refractivity contribution in [3.63, 3.8) is 0 Å². The molecule has 1 N–H and O–H groups in total. The Kier molecular flexibility index (Phi) is 4.32. The highest BCUT2D eigenvalue weighted by molar-refractivity contribution is 7.08. The van der Waals surface area contributed by atoms with Gasteiger partial charge in [0, 0.05) is 18.0 Å². The van der Waals surface area contributed by atoms with E-state index >= 15 is 0 Å². The fourth-order valence-corrected chi connectivity index (χ4v) is 3.21. The number of aromatic nitrogens is 5. The monoisotopic (exact) mass is 364 g/mol. The standard InChI is InChI=1S/C18H16N6OS/c1-23-17(9-16(21-23)13-5-3-2-4-6-13)18(25)19-10-14-11-24(22-20-14)15-7-8-26-12-15/h2-9,11-12H,10H2,1H3,(H,19,25). The summed E-state index contributed by atoms with van der Waals surface area (Å²) >= 11 is 1.59. The van der Waals surface area contributed by atoms with Crippen LogP contribution in [0.3, 0.4) is 0 Å². The van der Waals surface area contributed by atoms with Crippen LogP contribution >= 0.6 is 11.3 Å². The molecule has 0 radical (unpaired) electrons. The Hall–Kier alpha value is -3.26. The van der Waals surface area contributed by atoms with Crippen LogP contribution in [0.15, 0.2) is 59.4 Å². The van der Waals surface area contributed by atoms with Crippen molar-refractivity contribution in [2.75, 3.05) is 0 Å². The Morgan fingerprint density at radius 2 is 2.08 bits per heavy atom. The van der Waals surface area contributed by atoms with Crippen LogP contribution in [0.2, 0.25) is 0 Å². The molecular weight excluding hydrogens is 348 g/mol. The number of benzene rings is 1. The van der Waals surface area contributed by atoms with Gasteiger partial charge in [0.15, 0.2) is 0 Å². The highest BCUT2D eigenvalue weighted by atomic mass is 32.1. The van der Waals surface area contributed by atoms with E-state index in [4.69, 9.17) is 0 Å². The summed E-state index contributed by atoms with van der Waals surface area (Å²) < 4.78 is 3.27. The van der Waals surface area contributed by atoms with E-state index in [0.717, 1.165) is 16.9 Å². The van der Waals surface area contributed by atoms with Crippen molar-refractivity contribution in [1.82, 2.24) is 30.1 Å². The molecule has 8 heteroatoms. The summed E-state index contributed by atoms with van der Waals surface area (Å²) in [7, 11) is 1.76. The smallest absolute Gasteiger partial charge is 0.269 e. The fraction of sp³-hybridized carbons (Fsp3) is 0.111. The molecule has 130 valence electrons. The normalized spacial score (nSPS) is 10.8. The lowest BCUT2D eigenvalue weighted by molar-refractivity contribution is 0.0941. The van der Waals surface area contributed by atoms with Gasteiger partial charge in [-0.05, 0) is 17.5 Å². The van der Waals surface area contributed by atoms with Crippen LogP contribution in [0.25, 0.3) is 16.9 Å². The Labute approximate surface area is 153 Å². The summed E-state index contributed by atoms with van der Waals surface area (Å²) in [6.07, 6.45) is 1.81. The van der Waals surface area contributed by atoms with Crippen LogP contribution in [0.4, 0.5) is 0 Å². The third kappa shape index (κ3) is 3.27. The minimum atomic E-state index is -0.202. The van der Waals surface area contributed by atoms with Crippen molar-refractivity contribution in [3.8, 4) is 16.9 Å². The van der Waals surface area contributed by atoms with Crippen molar-refractivity contribution in [3.05, 3.63) is 70.8 Å². The first-order chi connectivity index (χ1) is 12.7. The third-order valence-corrected chi connectivity index (χ3v) is 4.59. The third-order valence-electron chi connectivity index (χ3n) is 3.92. The highest BCUT2D eigenvalue weighted by Gasteiger charge is 2.14. The Balaban J connectivity index is 1.45. The van der Waals surface area contributed by atoms with E-state index in [1.807, 2.05) is 47.2 Å². The molecule has 7 nitrogen and oxygen atoms in total. The predicted octanol–water partition coefficient (Wildman–Crippen LogP) is 2.66. The molecule has 3 aromatic heterocycles. The van der Waals surface area contributed by atoms with Crippen molar-refractivity contribution < 1.29 is 4.79 Å². The zero-order chi connectivity index (χ0) is 17.9. The molecule has 1 amide bonds. The molecule has 0 aliphatic carbocycles. The van der Waals surface area contributed by atoms with Gasteiger partial charge < -0.3 is 5.32 Å². The number of nitrogens with one attached hydrogen (secondary N) is 1. The van der Waals surface area contributed by atoms with Gasteiger partial charge in [-0.3, -0.25) is 9.48 Å². The number of rotatable bonds is 5. The molecule has 1 aromatic carbocycles. The molecule has 0 saturated carbocycles. The summed E-state index contributed by atoms with van der Waals surface area (Å²) in [5.74, 6) is -0.202. The molecule has 0 aliphatic rings. The Bertz CT molecular complexity index is 1020. The van der Waals surface area contributed by atoms with Gasteiger partial charge in [-0.1, -0.05) is 35.5 Å². The summed E-state index contributed by atoms with van der Waals surface area (Å²) in [4.78, 5) is 12.5. The lowest BCUT2D eigenvalue weighted by Crippen LogP contribution is -2.25. The van der Waals surface area contributed by atoms with E-state index in [2.05, 4.69) is 20.7 Å². The van der Waals surface area contributed by atoms with Gasteiger partial charge in [0.25, 0.3) is 5.91 Å². The van der Waals surface area contributed by atoms with Crippen molar-refractivity contribution >= 4 is 17.2 Å². The second-order valence-electron chi connectivity index (χ2n) is 5.72. The first-order valence-electron chi connectivity index (χ1n) is 8.02. The number of carbonyl (C=O) groups is 1. The van der Waals surface area contributed by atoms with Crippen LogP contribution in [-0.4, -0.2) is 30.7 Å². The maximum atomic E-state index is 12.5. The van der Waals surface area contributed by atoms with E-state index in [0.29, 0.717) is 17.9 Å². The van der Waals surface area contributed by atoms with Crippen LogP contribution < -0.4 is 5.32 Å². The van der Waals surface area contributed by atoms with Gasteiger partial charge in [-0.25, -0.2) is 4.68 Å².